The maximum atomic E-state index is 12.2. The summed E-state index contributed by atoms with van der Waals surface area (Å²) < 4.78 is 28.3. The van der Waals surface area contributed by atoms with Gasteiger partial charge in [-0.2, -0.15) is 0 Å². The Morgan fingerprint density at radius 3 is 2.41 bits per heavy atom. The molecule has 0 aromatic heterocycles. The minimum atomic E-state index is -3.88. The van der Waals surface area contributed by atoms with E-state index >= 15 is 0 Å². The summed E-state index contributed by atoms with van der Waals surface area (Å²) in [7, 11) is -3.88. The van der Waals surface area contributed by atoms with Gasteiger partial charge in [0.05, 0.1) is 21.2 Å². The standard InChI is InChI=1S/C17H14Cl2N2O7S/c1-9(16(22)20-13-8-11(18)4-5-12(13)19)28-17(23)10-3-6-15(29(2,26)27)14(7-10)21(24)25/h3-9H,1-2H3,(H,20,22)/t9-/m1/s1. The number of ether oxygens (including phenoxy) is 1. The molecule has 0 aliphatic heterocycles. The number of sulfone groups is 1. The average molecular weight is 461 g/mol. The van der Waals surface area contributed by atoms with Crippen molar-refractivity contribution in [2.24, 2.45) is 0 Å². The molecule has 0 aliphatic rings. The molecule has 1 atom stereocenters. The monoisotopic (exact) mass is 460 g/mol. The van der Waals surface area contributed by atoms with Crippen LogP contribution in [0.1, 0.15) is 17.3 Å². The summed E-state index contributed by atoms with van der Waals surface area (Å²) in [5.41, 5.74) is -0.852. The fraction of sp³-hybridized carbons (Fsp3) is 0.176. The van der Waals surface area contributed by atoms with E-state index in [1.807, 2.05) is 0 Å². The fourth-order valence-corrected chi connectivity index (χ4v) is 3.38. The number of nitro benzene ring substituents is 1. The summed E-state index contributed by atoms with van der Waals surface area (Å²) >= 11 is 11.8. The van der Waals surface area contributed by atoms with Crippen LogP contribution in [0.2, 0.25) is 10.0 Å². The van der Waals surface area contributed by atoms with Gasteiger partial charge in [0.2, 0.25) is 0 Å². The molecule has 0 aliphatic carbocycles. The molecule has 0 radical (unpaired) electrons. The van der Waals surface area contributed by atoms with Gasteiger partial charge in [-0.15, -0.1) is 0 Å². The van der Waals surface area contributed by atoms with Gasteiger partial charge in [-0.25, -0.2) is 13.2 Å². The van der Waals surface area contributed by atoms with Gasteiger partial charge in [0.1, 0.15) is 4.90 Å². The van der Waals surface area contributed by atoms with Crippen LogP contribution in [0.15, 0.2) is 41.3 Å². The summed E-state index contributed by atoms with van der Waals surface area (Å²) in [5.74, 6) is -1.77. The largest absolute Gasteiger partial charge is 0.449 e. The Kier molecular flexibility index (Phi) is 6.83. The lowest BCUT2D eigenvalue weighted by Gasteiger charge is -2.14. The van der Waals surface area contributed by atoms with Gasteiger partial charge < -0.3 is 10.1 Å². The number of rotatable bonds is 6. The van der Waals surface area contributed by atoms with Gasteiger partial charge in [-0.3, -0.25) is 14.9 Å². The van der Waals surface area contributed by atoms with Crippen molar-refractivity contribution in [3.63, 3.8) is 0 Å². The van der Waals surface area contributed by atoms with Crippen molar-refractivity contribution in [1.29, 1.82) is 0 Å². The second-order valence-corrected chi connectivity index (χ2v) is 8.70. The Morgan fingerprint density at radius 2 is 1.83 bits per heavy atom. The fourth-order valence-electron chi connectivity index (χ4n) is 2.21. The topological polar surface area (TPSA) is 133 Å². The van der Waals surface area contributed by atoms with Crippen LogP contribution in [0, 0.1) is 10.1 Å². The zero-order valence-electron chi connectivity index (χ0n) is 15.0. The number of amides is 1. The highest BCUT2D eigenvalue weighted by Gasteiger charge is 2.26. The Labute approximate surface area is 175 Å². The molecule has 0 fully saturated rings. The van der Waals surface area contributed by atoms with Gasteiger partial charge in [-0.05, 0) is 37.3 Å². The SMILES string of the molecule is C[C@@H](OC(=O)c1ccc(S(C)(=O)=O)c([N+](=O)[O-])c1)C(=O)Nc1cc(Cl)ccc1Cl. The number of carbonyl (C=O) groups excluding carboxylic acids is 2. The summed E-state index contributed by atoms with van der Waals surface area (Å²) in [4.78, 5) is 34.1. The van der Waals surface area contributed by atoms with E-state index in [4.69, 9.17) is 27.9 Å². The molecule has 1 N–H and O–H groups in total. The molecule has 2 rings (SSSR count). The lowest BCUT2D eigenvalue weighted by molar-refractivity contribution is -0.387. The van der Waals surface area contributed by atoms with E-state index in [0.29, 0.717) is 5.02 Å². The number of benzene rings is 2. The quantitative estimate of drug-likeness (QED) is 0.396. The predicted molar refractivity (Wildman–Crippen MR) is 106 cm³/mol. The van der Waals surface area contributed by atoms with Crippen LogP contribution in [0.4, 0.5) is 11.4 Å². The number of nitrogens with one attached hydrogen (secondary N) is 1. The number of esters is 1. The number of halogens is 2. The van der Waals surface area contributed by atoms with E-state index < -0.39 is 43.3 Å². The highest BCUT2D eigenvalue weighted by molar-refractivity contribution is 7.90. The van der Waals surface area contributed by atoms with E-state index in [-0.39, 0.29) is 16.3 Å². The molecule has 2 aromatic carbocycles. The molecule has 0 unspecified atom stereocenters. The number of anilines is 1. The number of nitro groups is 1. The molecule has 0 saturated carbocycles. The van der Waals surface area contributed by atoms with E-state index in [9.17, 15) is 28.1 Å². The van der Waals surface area contributed by atoms with E-state index in [1.165, 1.54) is 25.1 Å². The molecule has 12 heteroatoms. The minimum absolute atomic E-state index is 0.209. The summed E-state index contributed by atoms with van der Waals surface area (Å²) in [5, 5.41) is 14.1. The van der Waals surface area contributed by atoms with Crippen molar-refractivity contribution < 1.29 is 27.7 Å². The average Bonchev–Trinajstić information content (AvgIpc) is 2.63. The first-order valence-corrected chi connectivity index (χ1v) is 10.5. The Hall–Kier alpha value is -2.69. The van der Waals surface area contributed by atoms with E-state index in [1.54, 1.807) is 0 Å². The Morgan fingerprint density at radius 1 is 1.17 bits per heavy atom. The number of hydrogen-bond donors (Lipinski definition) is 1. The van der Waals surface area contributed by atoms with Crippen LogP contribution in [-0.4, -0.2) is 37.6 Å². The van der Waals surface area contributed by atoms with Crippen LogP contribution in [-0.2, 0) is 19.4 Å². The molecular formula is C17H14Cl2N2O7S. The van der Waals surface area contributed by atoms with Gasteiger partial charge in [0, 0.05) is 17.3 Å². The van der Waals surface area contributed by atoms with Crippen LogP contribution in [0.3, 0.4) is 0 Å². The lowest BCUT2D eigenvalue weighted by Crippen LogP contribution is -2.30. The normalized spacial score (nSPS) is 12.1. The molecule has 0 bridgehead atoms. The molecule has 1 amide bonds. The maximum Gasteiger partial charge on any atom is 0.339 e. The first-order valence-electron chi connectivity index (χ1n) is 7.85. The highest BCUT2D eigenvalue weighted by atomic mass is 35.5. The molecule has 2 aromatic rings. The maximum absolute atomic E-state index is 12.2. The molecule has 0 saturated heterocycles. The van der Waals surface area contributed by atoms with E-state index in [0.717, 1.165) is 24.5 Å². The highest BCUT2D eigenvalue weighted by Crippen LogP contribution is 2.27. The van der Waals surface area contributed by atoms with Gasteiger partial charge in [0.25, 0.3) is 11.6 Å². The summed E-state index contributed by atoms with van der Waals surface area (Å²) in [6.45, 7) is 1.28. The zero-order valence-corrected chi connectivity index (χ0v) is 17.3. The van der Waals surface area contributed by atoms with Crippen LogP contribution >= 0.6 is 23.2 Å². The smallest absolute Gasteiger partial charge is 0.339 e. The van der Waals surface area contributed by atoms with Crippen molar-refractivity contribution in [3.05, 3.63) is 62.1 Å². The second kappa shape index (κ2) is 8.76. The third-order valence-corrected chi connectivity index (χ3v) is 5.34. The first-order chi connectivity index (χ1) is 13.4. The van der Waals surface area contributed by atoms with Crippen LogP contribution < -0.4 is 5.32 Å². The zero-order chi connectivity index (χ0) is 21.9. The van der Waals surface area contributed by atoms with Crippen LogP contribution in [0.25, 0.3) is 0 Å². The molecular weight excluding hydrogens is 447 g/mol. The molecule has 29 heavy (non-hydrogen) atoms. The Bertz CT molecular complexity index is 1100. The molecule has 9 nitrogen and oxygen atoms in total. The van der Waals surface area contributed by atoms with Crippen molar-refractivity contribution in [1.82, 2.24) is 0 Å². The molecule has 0 spiro atoms. The third-order valence-electron chi connectivity index (χ3n) is 3.63. The Balaban J connectivity index is 2.18. The number of nitrogens with zero attached hydrogens (tertiary/aromatic N) is 1. The van der Waals surface area contributed by atoms with Gasteiger partial charge in [-0.1, -0.05) is 23.2 Å². The van der Waals surface area contributed by atoms with Gasteiger partial charge >= 0.3 is 5.97 Å². The summed E-state index contributed by atoms with van der Waals surface area (Å²) in [6, 6.07) is 7.17. The van der Waals surface area contributed by atoms with E-state index in [2.05, 4.69) is 5.32 Å². The number of carbonyl (C=O) groups is 2. The van der Waals surface area contributed by atoms with Crippen molar-refractivity contribution in [2.75, 3.05) is 11.6 Å². The van der Waals surface area contributed by atoms with Crippen LogP contribution in [0.5, 0.6) is 0 Å². The third kappa shape index (κ3) is 5.66. The molecule has 0 heterocycles. The first kappa shape index (κ1) is 22.6. The van der Waals surface area contributed by atoms with Gasteiger partial charge in [0.15, 0.2) is 15.9 Å². The molecule has 154 valence electrons. The summed E-state index contributed by atoms with van der Waals surface area (Å²) in [6.07, 6.45) is -0.480. The predicted octanol–water partition coefficient (Wildman–Crippen LogP) is 3.49. The number of hydrogen-bond acceptors (Lipinski definition) is 7. The van der Waals surface area contributed by atoms with Crippen molar-refractivity contribution in [2.45, 2.75) is 17.9 Å². The lowest BCUT2D eigenvalue weighted by atomic mass is 10.2. The van der Waals surface area contributed by atoms with Crippen molar-refractivity contribution >= 4 is 56.3 Å². The minimum Gasteiger partial charge on any atom is -0.449 e. The van der Waals surface area contributed by atoms with Crippen molar-refractivity contribution in [3.8, 4) is 0 Å². The second-order valence-electron chi connectivity index (χ2n) is 5.87.